The summed E-state index contributed by atoms with van der Waals surface area (Å²) in [5.74, 6) is 1.10. The summed E-state index contributed by atoms with van der Waals surface area (Å²) in [5, 5.41) is 19.0. The Bertz CT molecular complexity index is 1100. The van der Waals surface area contributed by atoms with Crippen molar-refractivity contribution in [1.29, 1.82) is 0 Å². The molecule has 1 saturated heterocycles. The fraction of sp³-hybridized carbons (Fsp3) is 0.676. The van der Waals surface area contributed by atoms with Gasteiger partial charge in [0.2, 0.25) is 6.41 Å². The number of fused-ring (bicyclic) bond motifs is 1. The molecule has 0 bridgehead atoms. The van der Waals surface area contributed by atoms with Crippen LogP contribution in [-0.4, -0.2) is 78.2 Å². The summed E-state index contributed by atoms with van der Waals surface area (Å²) in [6, 6.07) is 5.42. The molecule has 4 rings (SSSR count). The smallest absolute Gasteiger partial charge is 0.353 e. The molecule has 1 aliphatic carbocycles. The molecular weight excluding hydrogens is 846 g/mol. The van der Waals surface area contributed by atoms with Gasteiger partial charge in [-0.1, -0.05) is 70.9 Å². The maximum absolute atomic E-state index is 11.9. The Balaban J connectivity index is 0. The number of carboxylic acid groups (broad SMARTS) is 1. The van der Waals surface area contributed by atoms with Gasteiger partial charge < -0.3 is 35.9 Å². The van der Waals surface area contributed by atoms with Gasteiger partial charge in [0.15, 0.2) is 0 Å². The zero-order chi connectivity index (χ0) is 34.4. The van der Waals surface area contributed by atoms with Gasteiger partial charge in [-0.2, -0.15) is 0 Å². The fourth-order valence-corrected chi connectivity index (χ4v) is 6.15. The number of hydrogen-bond acceptors (Lipinski definition) is 6. The van der Waals surface area contributed by atoms with Crippen molar-refractivity contribution in [3.05, 3.63) is 28.9 Å². The standard InChI is InChI=1S/C12H23N.C10H7ClN2O3.C9H18FNO.C2H6.CH4O.Cm/c1-10-12(8-9-13(10)2)11-6-4-3-5-7-11;11-8-6-3-5(12-4-14)1-2-7(6)13-9(8)10(15)16;1-2-8(7-12)4-3-5-9(11)6-10;2*1-2;/h10-12H,3-9H2,1-2H3;1-4,13H,(H,12,14)(H,15,16);7-9H,2-6,11H2,1H3;1-2H3;2H,1H3;. The third-order valence-electron chi connectivity index (χ3n) is 8.62. The monoisotopic (exact) mass is 899 g/mol. The van der Waals surface area contributed by atoms with Crippen molar-refractivity contribution in [1.82, 2.24) is 9.88 Å². The largest absolute Gasteiger partial charge is 0.477 e. The van der Waals surface area contributed by atoms with E-state index in [1.54, 1.807) is 18.2 Å². The molecule has 4 unspecified atom stereocenters. The number of halogens is 2. The molecule has 6 N–H and O–H groups in total. The van der Waals surface area contributed by atoms with Gasteiger partial charge >= 0.3 is 5.97 Å². The Hall–Kier alpha value is -3.53. The molecule has 1 saturated carbocycles. The van der Waals surface area contributed by atoms with E-state index in [0.29, 0.717) is 29.4 Å². The predicted octanol–water partition coefficient (Wildman–Crippen LogP) is 7.31. The van der Waals surface area contributed by atoms with Crippen LogP contribution in [0.5, 0.6) is 0 Å². The summed E-state index contributed by atoms with van der Waals surface area (Å²) < 4.78 is 11.9. The molecule has 0 spiro atoms. The van der Waals surface area contributed by atoms with Gasteiger partial charge in [-0.05, 0) is 76.2 Å². The maximum atomic E-state index is 11.9. The number of likely N-dealkylation sites (tertiary alicyclic amines) is 1. The van der Waals surface area contributed by atoms with Crippen LogP contribution in [0.3, 0.4) is 0 Å². The number of carboxylic acids is 1. The minimum atomic E-state index is -1.12. The Morgan fingerprint density at radius 3 is 2.28 bits per heavy atom. The third kappa shape index (κ3) is 14.7. The first-order chi connectivity index (χ1) is 21.7. The van der Waals surface area contributed by atoms with Crippen LogP contribution in [0.25, 0.3) is 10.9 Å². The van der Waals surface area contributed by atoms with Crippen LogP contribution in [0.2, 0.25) is 5.02 Å². The first-order valence-electron chi connectivity index (χ1n) is 16.3. The number of aromatic amines is 1. The molecule has 1 amide bonds. The van der Waals surface area contributed by atoms with E-state index >= 15 is 0 Å². The topological polar surface area (TPSA) is 149 Å². The molecule has 2 fully saturated rings. The van der Waals surface area contributed by atoms with E-state index in [0.717, 1.165) is 50.5 Å². The van der Waals surface area contributed by atoms with Gasteiger partial charge in [0, 0.05) is 41.7 Å². The Morgan fingerprint density at radius 2 is 1.80 bits per heavy atom. The van der Waals surface area contributed by atoms with Crippen molar-refractivity contribution in [2.24, 2.45) is 23.5 Å². The van der Waals surface area contributed by atoms with E-state index < -0.39 is 12.6 Å². The molecule has 46 heavy (non-hydrogen) atoms. The number of nitrogens with two attached hydrogens (primary N) is 1. The van der Waals surface area contributed by atoms with Crippen LogP contribution in [0.4, 0.5) is 10.1 Å². The van der Waals surface area contributed by atoms with Gasteiger partial charge in [-0.25, -0.2) is 9.18 Å². The van der Waals surface area contributed by atoms with E-state index in [4.69, 9.17) is 27.5 Å². The van der Waals surface area contributed by atoms with Crippen LogP contribution >= 0.6 is 11.6 Å². The molecule has 4 atom stereocenters. The molecule has 2 aliphatic rings. The van der Waals surface area contributed by atoms with E-state index in [1.807, 2.05) is 20.8 Å². The number of aromatic carboxylic acids is 1. The summed E-state index contributed by atoms with van der Waals surface area (Å²) in [6.45, 7) is 9.28. The van der Waals surface area contributed by atoms with Crippen LogP contribution in [0.1, 0.15) is 102 Å². The van der Waals surface area contributed by atoms with Crippen molar-refractivity contribution in [3.63, 3.8) is 0 Å². The fourth-order valence-electron chi connectivity index (χ4n) is 5.87. The van der Waals surface area contributed by atoms with Gasteiger partial charge in [-0.15, -0.1) is 0 Å². The first kappa shape index (κ1) is 44.6. The van der Waals surface area contributed by atoms with E-state index in [1.165, 1.54) is 45.1 Å². The van der Waals surface area contributed by atoms with Crippen molar-refractivity contribution in [3.8, 4) is 0 Å². The third-order valence-corrected chi connectivity index (χ3v) is 9.02. The Labute approximate surface area is 274 Å². The van der Waals surface area contributed by atoms with Gasteiger partial charge in [0.05, 0.1) is 5.02 Å². The van der Waals surface area contributed by atoms with Crippen LogP contribution in [0, 0.1) is 17.8 Å². The number of aldehydes is 1. The summed E-state index contributed by atoms with van der Waals surface area (Å²) in [7, 11) is 3.29. The minimum absolute atomic E-state index is 0. The SMILES string of the molecule is CC.CC1C(C2CCCCC2)CCN1C.CCC(C=O)CCCC(N)CF.CO.O=CNc1ccc2[nH]c(C(=O)O)c(Cl)c2c1.[Cm]. The second kappa shape index (κ2) is 25.6. The quantitative estimate of drug-likeness (QED) is 0.149. The molecule has 9 nitrogen and oxygen atoms in total. The molecular formula is C34H58ClCmFN4O5. The number of aromatic nitrogens is 1. The van der Waals surface area contributed by atoms with E-state index in [-0.39, 0.29) is 22.7 Å². The second-order valence-corrected chi connectivity index (χ2v) is 11.7. The number of aliphatic hydroxyl groups is 1. The van der Waals surface area contributed by atoms with Crippen molar-refractivity contribution < 1.29 is 29.0 Å². The van der Waals surface area contributed by atoms with Crippen molar-refractivity contribution in [2.75, 3.05) is 32.7 Å². The zero-order valence-electron chi connectivity index (χ0n) is 28.5. The molecule has 2 aromatic rings. The summed E-state index contributed by atoms with van der Waals surface area (Å²) in [6.07, 6.45) is 13.7. The number of hydrogen-bond donors (Lipinski definition) is 5. The normalized spacial score (nSPS) is 18.7. The van der Waals surface area contributed by atoms with Gasteiger partial charge in [-0.3, -0.25) is 4.79 Å². The molecule has 2 heterocycles. The average molecular weight is 904 g/mol. The molecule has 1 aromatic heterocycles. The number of nitrogens with one attached hydrogen (secondary N) is 2. The summed E-state index contributed by atoms with van der Waals surface area (Å²) in [4.78, 5) is 36.7. The maximum Gasteiger partial charge on any atom is 0.353 e. The number of nitrogens with zero attached hydrogens (tertiary/aromatic N) is 1. The number of benzene rings is 1. The molecule has 1 aliphatic heterocycles. The average Bonchev–Trinajstić information content (AvgIpc) is 3.59. The number of alkyl halides is 1. The molecule has 0 radical (unpaired) electrons. The summed E-state index contributed by atoms with van der Waals surface area (Å²) in [5.41, 5.74) is 6.49. The Morgan fingerprint density at radius 1 is 1.17 bits per heavy atom. The first-order valence-corrected chi connectivity index (χ1v) is 16.7. The van der Waals surface area contributed by atoms with E-state index in [2.05, 4.69) is 29.2 Å². The Kier molecular flexibility index (Phi) is 24.9. The molecule has 266 valence electrons. The number of anilines is 1. The van der Waals surface area contributed by atoms with E-state index in [9.17, 15) is 18.8 Å². The van der Waals surface area contributed by atoms with Crippen LogP contribution in [0.15, 0.2) is 18.2 Å². The van der Waals surface area contributed by atoms with Gasteiger partial charge in [0.25, 0.3) is 0 Å². The summed E-state index contributed by atoms with van der Waals surface area (Å²) >= 11 is 5.90. The van der Waals surface area contributed by atoms with Crippen molar-refractivity contribution in [2.45, 2.75) is 104 Å². The number of amides is 1. The minimum Gasteiger partial charge on any atom is -0.477 e. The molecule has 12 heteroatoms. The predicted molar refractivity (Wildman–Crippen MR) is 184 cm³/mol. The zero-order valence-corrected chi connectivity index (χ0v) is 32.2. The number of rotatable bonds is 11. The number of aliphatic hydroxyl groups excluding tert-OH is 1. The van der Waals surface area contributed by atoms with Crippen LogP contribution in [-0.2, 0) is 9.59 Å². The second-order valence-electron chi connectivity index (χ2n) is 11.4. The molecule has 1 aromatic carbocycles. The number of carbonyl (C=O) groups excluding carboxylic acids is 2. The van der Waals surface area contributed by atoms with Crippen molar-refractivity contribution >= 4 is 46.9 Å². The van der Waals surface area contributed by atoms with Crippen LogP contribution < -0.4 is 11.1 Å². The number of carbonyl (C=O) groups is 3. The number of H-pyrrole nitrogens is 1. The van der Waals surface area contributed by atoms with Gasteiger partial charge in [0.1, 0.15) is 18.7 Å².